The van der Waals surface area contributed by atoms with Crippen LogP contribution >= 0.6 is 0 Å². The number of nitrogens with zero attached hydrogens (tertiary/aromatic N) is 2. The summed E-state index contributed by atoms with van der Waals surface area (Å²) in [4.78, 5) is 25.0. The van der Waals surface area contributed by atoms with Crippen molar-refractivity contribution < 1.29 is 31.5 Å². The van der Waals surface area contributed by atoms with Crippen molar-refractivity contribution >= 4 is 21.7 Å². The number of carbonyl (C=O) groups is 1. The molecule has 1 aromatic heterocycles. The molecule has 1 amide bonds. The molecule has 0 saturated heterocycles. The van der Waals surface area contributed by atoms with Gasteiger partial charge in [0.1, 0.15) is 5.76 Å². The average molecular weight is 460 g/mol. The Bertz CT molecular complexity index is 1210. The van der Waals surface area contributed by atoms with Crippen molar-refractivity contribution in [1.82, 2.24) is 4.90 Å². The van der Waals surface area contributed by atoms with Crippen LogP contribution in [0.2, 0.25) is 0 Å². The molecule has 0 N–H and O–H groups in total. The number of ether oxygens (including phenoxy) is 1. The maximum Gasteiger partial charge on any atom is 0.306 e. The van der Waals surface area contributed by atoms with Gasteiger partial charge in [-0.05, 0) is 42.0 Å². The highest BCUT2D eigenvalue weighted by molar-refractivity contribution is 7.86. The van der Waals surface area contributed by atoms with E-state index in [9.17, 15) is 23.3 Å². The quantitative estimate of drug-likeness (QED) is 0.270. The summed E-state index contributed by atoms with van der Waals surface area (Å²) in [6.45, 7) is 0.206. The lowest BCUT2D eigenvalue weighted by Gasteiger charge is -2.22. The van der Waals surface area contributed by atoms with E-state index in [1.54, 1.807) is 18.2 Å². The van der Waals surface area contributed by atoms with Crippen molar-refractivity contribution in [3.05, 3.63) is 87.9 Å². The van der Waals surface area contributed by atoms with Gasteiger partial charge in [0.2, 0.25) is 0 Å². The molecule has 0 aliphatic rings. The maximum atomic E-state index is 13.2. The summed E-state index contributed by atoms with van der Waals surface area (Å²) in [5, 5.41) is 10.9. The molecular formula is C21H20N2O8S. The second-order valence-corrected chi connectivity index (χ2v) is 8.39. The number of amides is 1. The van der Waals surface area contributed by atoms with Crippen LogP contribution < -0.4 is 8.92 Å². The molecular weight excluding hydrogens is 440 g/mol. The molecule has 0 spiro atoms. The standard InChI is InChI=1S/C21H20N2O8S/c1-29-19-10-5-15(12-20(19)31-32(2,27)28)13-22(14-18-4-3-11-30-18)21(24)16-6-8-17(9-7-16)23(25)26/h3-12H,13-14H2,1-2H3. The maximum absolute atomic E-state index is 13.2. The Morgan fingerprint density at radius 3 is 2.38 bits per heavy atom. The number of hydrogen-bond donors (Lipinski definition) is 0. The summed E-state index contributed by atoms with van der Waals surface area (Å²) >= 11 is 0. The third-order valence-electron chi connectivity index (χ3n) is 4.38. The van der Waals surface area contributed by atoms with Gasteiger partial charge in [-0.1, -0.05) is 6.07 Å². The number of hydrogen-bond acceptors (Lipinski definition) is 8. The molecule has 0 fully saturated rings. The van der Waals surface area contributed by atoms with Gasteiger partial charge >= 0.3 is 10.1 Å². The molecule has 0 atom stereocenters. The summed E-state index contributed by atoms with van der Waals surface area (Å²) < 4.78 is 38.7. The van der Waals surface area contributed by atoms with Gasteiger partial charge in [-0.3, -0.25) is 14.9 Å². The van der Waals surface area contributed by atoms with Gasteiger partial charge in [-0.15, -0.1) is 0 Å². The van der Waals surface area contributed by atoms with E-state index >= 15 is 0 Å². The molecule has 11 heteroatoms. The van der Waals surface area contributed by atoms with Crippen molar-refractivity contribution in [2.24, 2.45) is 0 Å². The molecule has 168 valence electrons. The van der Waals surface area contributed by atoms with Crippen molar-refractivity contribution in [3.8, 4) is 11.5 Å². The summed E-state index contributed by atoms with van der Waals surface area (Å²) in [6, 6.07) is 13.3. The molecule has 10 nitrogen and oxygen atoms in total. The van der Waals surface area contributed by atoms with Crippen molar-refractivity contribution in [2.45, 2.75) is 13.1 Å². The van der Waals surface area contributed by atoms with E-state index in [0.29, 0.717) is 11.3 Å². The zero-order valence-electron chi connectivity index (χ0n) is 17.3. The van der Waals surface area contributed by atoms with Crippen LogP contribution in [0.15, 0.2) is 65.3 Å². The predicted octanol–water partition coefficient (Wildman–Crippen LogP) is 3.38. The van der Waals surface area contributed by atoms with Crippen molar-refractivity contribution in [3.63, 3.8) is 0 Å². The minimum atomic E-state index is -3.80. The zero-order valence-corrected chi connectivity index (χ0v) is 18.1. The smallest absolute Gasteiger partial charge is 0.306 e. The second-order valence-electron chi connectivity index (χ2n) is 6.82. The number of methoxy groups -OCH3 is 1. The van der Waals surface area contributed by atoms with Gasteiger partial charge in [-0.25, -0.2) is 0 Å². The Balaban J connectivity index is 1.91. The Labute approximate surface area is 184 Å². The fourth-order valence-corrected chi connectivity index (χ4v) is 3.42. The van der Waals surface area contributed by atoms with Crippen molar-refractivity contribution in [2.75, 3.05) is 13.4 Å². The van der Waals surface area contributed by atoms with E-state index in [2.05, 4.69) is 0 Å². The Morgan fingerprint density at radius 2 is 1.81 bits per heavy atom. The SMILES string of the molecule is COc1ccc(CN(Cc2ccco2)C(=O)c2ccc([N+](=O)[O-])cc2)cc1OS(C)(=O)=O. The number of carbonyl (C=O) groups excluding carboxylic acids is 1. The van der Waals surface area contributed by atoms with Crippen LogP contribution in [-0.4, -0.2) is 37.5 Å². The highest BCUT2D eigenvalue weighted by atomic mass is 32.2. The number of nitro groups is 1. The molecule has 0 aliphatic carbocycles. The van der Waals surface area contributed by atoms with Crippen LogP contribution in [0.4, 0.5) is 5.69 Å². The lowest BCUT2D eigenvalue weighted by atomic mass is 10.1. The number of rotatable bonds is 9. The Morgan fingerprint density at radius 1 is 1.09 bits per heavy atom. The van der Waals surface area contributed by atoms with Crippen LogP contribution in [0.25, 0.3) is 0 Å². The average Bonchev–Trinajstić information content (AvgIpc) is 3.25. The van der Waals surface area contributed by atoms with Gasteiger partial charge in [0, 0.05) is 24.2 Å². The minimum Gasteiger partial charge on any atom is -0.493 e. The first-order valence-corrected chi connectivity index (χ1v) is 11.1. The number of benzene rings is 2. The van der Waals surface area contributed by atoms with Crippen LogP contribution in [0.5, 0.6) is 11.5 Å². The largest absolute Gasteiger partial charge is 0.493 e. The van der Waals surface area contributed by atoms with Crippen LogP contribution in [0.3, 0.4) is 0 Å². The highest BCUT2D eigenvalue weighted by Gasteiger charge is 2.20. The summed E-state index contributed by atoms with van der Waals surface area (Å²) in [6.07, 6.45) is 2.40. The topological polar surface area (TPSA) is 129 Å². The van der Waals surface area contributed by atoms with Gasteiger partial charge in [0.15, 0.2) is 11.5 Å². The van der Waals surface area contributed by atoms with Gasteiger partial charge < -0.3 is 18.2 Å². The van der Waals surface area contributed by atoms with Crippen LogP contribution in [0.1, 0.15) is 21.7 Å². The fourth-order valence-electron chi connectivity index (χ4n) is 2.97. The van der Waals surface area contributed by atoms with Crippen LogP contribution in [0, 0.1) is 10.1 Å². The zero-order chi connectivity index (χ0) is 23.3. The number of non-ortho nitro benzene ring substituents is 1. The summed E-state index contributed by atoms with van der Waals surface area (Å²) in [7, 11) is -2.42. The van der Waals surface area contributed by atoms with E-state index in [-0.39, 0.29) is 35.8 Å². The monoisotopic (exact) mass is 460 g/mol. The highest BCUT2D eigenvalue weighted by Crippen LogP contribution is 2.30. The molecule has 3 aromatic rings. The molecule has 0 radical (unpaired) electrons. The Hall–Kier alpha value is -3.86. The van der Waals surface area contributed by atoms with E-state index in [1.807, 2.05) is 0 Å². The molecule has 0 unspecified atom stereocenters. The lowest BCUT2D eigenvalue weighted by Crippen LogP contribution is -2.30. The minimum absolute atomic E-state index is 0.00627. The molecule has 3 rings (SSSR count). The molecule has 0 aliphatic heterocycles. The number of nitro benzene ring substituents is 1. The normalized spacial score (nSPS) is 11.1. The van der Waals surface area contributed by atoms with Gasteiger partial charge in [-0.2, -0.15) is 8.42 Å². The van der Waals surface area contributed by atoms with Gasteiger partial charge in [0.05, 0.1) is 31.1 Å². The van der Waals surface area contributed by atoms with E-state index in [0.717, 1.165) is 6.26 Å². The summed E-state index contributed by atoms with van der Waals surface area (Å²) in [5.74, 6) is 0.353. The first kappa shape index (κ1) is 22.8. The van der Waals surface area contributed by atoms with E-state index in [4.69, 9.17) is 13.3 Å². The predicted molar refractivity (Wildman–Crippen MR) is 114 cm³/mol. The molecule has 0 bridgehead atoms. The Kier molecular flexibility index (Phi) is 6.79. The molecule has 2 aromatic carbocycles. The third-order valence-corrected chi connectivity index (χ3v) is 4.86. The molecule has 1 heterocycles. The first-order chi connectivity index (χ1) is 15.2. The number of furan rings is 1. The fraction of sp³-hybridized carbons (Fsp3) is 0.190. The third kappa shape index (κ3) is 5.85. The molecule has 0 saturated carbocycles. The lowest BCUT2D eigenvalue weighted by molar-refractivity contribution is -0.384. The molecule has 32 heavy (non-hydrogen) atoms. The van der Waals surface area contributed by atoms with E-state index < -0.39 is 20.9 Å². The van der Waals surface area contributed by atoms with Gasteiger partial charge in [0.25, 0.3) is 11.6 Å². The second kappa shape index (κ2) is 9.52. The first-order valence-electron chi connectivity index (χ1n) is 9.29. The van der Waals surface area contributed by atoms with Crippen LogP contribution in [-0.2, 0) is 23.2 Å². The van der Waals surface area contributed by atoms with Crippen molar-refractivity contribution in [1.29, 1.82) is 0 Å². The van der Waals surface area contributed by atoms with E-state index in [1.165, 1.54) is 54.7 Å². The summed E-state index contributed by atoms with van der Waals surface area (Å²) in [5.41, 5.74) is 0.700.